The van der Waals surface area contributed by atoms with E-state index in [-0.39, 0.29) is 11.8 Å². The Morgan fingerprint density at radius 3 is 2.88 bits per heavy atom. The molecule has 2 amide bonds. The van der Waals surface area contributed by atoms with E-state index in [2.05, 4.69) is 16.0 Å². The Kier molecular flexibility index (Phi) is 5.21. The molecular formula is C10H19N3O3. The molecule has 0 saturated carbocycles. The predicted octanol–water partition coefficient (Wildman–Crippen LogP) is -1.38. The van der Waals surface area contributed by atoms with Gasteiger partial charge in [0.05, 0.1) is 6.61 Å². The Balaban J connectivity index is 2.34. The van der Waals surface area contributed by atoms with Crippen LogP contribution in [0.1, 0.15) is 13.8 Å². The highest BCUT2D eigenvalue weighted by atomic mass is 16.5. The molecule has 0 aromatic heterocycles. The molecule has 6 nitrogen and oxygen atoms in total. The summed E-state index contributed by atoms with van der Waals surface area (Å²) in [6.07, 6.45) is -0.495. The molecule has 0 aromatic rings. The summed E-state index contributed by atoms with van der Waals surface area (Å²) in [6.45, 7) is 5.82. The van der Waals surface area contributed by atoms with Crippen LogP contribution in [0, 0.1) is 0 Å². The van der Waals surface area contributed by atoms with Crippen molar-refractivity contribution in [1.29, 1.82) is 0 Å². The number of hydrogen-bond acceptors (Lipinski definition) is 4. The van der Waals surface area contributed by atoms with E-state index >= 15 is 0 Å². The van der Waals surface area contributed by atoms with Gasteiger partial charge in [0, 0.05) is 19.6 Å². The van der Waals surface area contributed by atoms with E-state index in [1.54, 1.807) is 6.92 Å². The Bertz CT molecular complexity index is 252. The maximum absolute atomic E-state index is 11.7. The average Bonchev–Trinajstić information content (AvgIpc) is 2.30. The van der Waals surface area contributed by atoms with E-state index in [0.717, 1.165) is 6.54 Å². The summed E-state index contributed by atoms with van der Waals surface area (Å²) in [5.41, 5.74) is 0. The fourth-order valence-electron chi connectivity index (χ4n) is 1.43. The fraction of sp³-hybridized carbons (Fsp3) is 0.800. The molecule has 1 heterocycles. The first-order valence-corrected chi connectivity index (χ1v) is 5.55. The first kappa shape index (κ1) is 12.9. The van der Waals surface area contributed by atoms with Gasteiger partial charge >= 0.3 is 0 Å². The van der Waals surface area contributed by atoms with Gasteiger partial charge in [0.15, 0.2) is 0 Å². The minimum absolute atomic E-state index is 0.181. The zero-order valence-corrected chi connectivity index (χ0v) is 9.71. The van der Waals surface area contributed by atoms with E-state index in [1.165, 1.54) is 0 Å². The highest BCUT2D eigenvalue weighted by molar-refractivity contribution is 5.89. The summed E-state index contributed by atoms with van der Waals surface area (Å²) in [6, 6.07) is -0.530. The molecule has 92 valence electrons. The van der Waals surface area contributed by atoms with E-state index in [4.69, 9.17) is 4.74 Å². The largest absolute Gasteiger partial charge is 0.366 e. The van der Waals surface area contributed by atoms with Gasteiger partial charge in [0.1, 0.15) is 12.1 Å². The number of amides is 2. The Hall–Kier alpha value is -1.14. The van der Waals surface area contributed by atoms with Gasteiger partial charge in [0.2, 0.25) is 5.91 Å². The maximum atomic E-state index is 11.7. The van der Waals surface area contributed by atoms with Gasteiger partial charge in [0.25, 0.3) is 5.91 Å². The second-order valence-corrected chi connectivity index (χ2v) is 3.69. The molecule has 3 N–H and O–H groups in total. The molecular weight excluding hydrogens is 210 g/mol. The number of nitrogens with one attached hydrogen (secondary N) is 3. The summed E-state index contributed by atoms with van der Waals surface area (Å²) in [7, 11) is 0. The van der Waals surface area contributed by atoms with Crippen molar-refractivity contribution < 1.29 is 14.3 Å². The molecule has 0 aliphatic carbocycles. The standard InChI is InChI=1S/C10H19N3O3/c1-3-12-9(14)7(2)13-10(15)8-6-11-4-5-16-8/h7-8,11H,3-6H2,1-2H3,(H,12,14)(H,13,15). The SMILES string of the molecule is CCNC(=O)C(C)NC(=O)C1CNCCO1. The van der Waals surface area contributed by atoms with Crippen LogP contribution < -0.4 is 16.0 Å². The van der Waals surface area contributed by atoms with Crippen molar-refractivity contribution in [3.63, 3.8) is 0 Å². The van der Waals surface area contributed by atoms with Gasteiger partial charge in [-0.05, 0) is 13.8 Å². The zero-order chi connectivity index (χ0) is 12.0. The number of morpholine rings is 1. The molecule has 0 spiro atoms. The Labute approximate surface area is 95.1 Å². The van der Waals surface area contributed by atoms with Crippen LogP contribution in [0.25, 0.3) is 0 Å². The van der Waals surface area contributed by atoms with Gasteiger partial charge in [-0.1, -0.05) is 0 Å². The lowest BCUT2D eigenvalue weighted by atomic mass is 10.2. The number of carbonyl (C=O) groups excluding carboxylic acids is 2. The molecule has 16 heavy (non-hydrogen) atoms. The molecule has 6 heteroatoms. The zero-order valence-electron chi connectivity index (χ0n) is 9.71. The molecule has 1 fully saturated rings. The molecule has 1 aliphatic heterocycles. The van der Waals surface area contributed by atoms with Crippen molar-refractivity contribution in [2.45, 2.75) is 26.0 Å². The third-order valence-corrected chi connectivity index (χ3v) is 2.32. The fourth-order valence-corrected chi connectivity index (χ4v) is 1.43. The molecule has 2 atom stereocenters. The minimum Gasteiger partial charge on any atom is -0.366 e. The smallest absolute Gasteiger partial charge is 0.251 e. The van der Waals surface area contributed by atoms with Gasteiger partial charge in [-0.15, -0.1) is 0 Å². The molecule has 0 radical (unpaired) electrons. The van der Waals surface area contributed by atoms with Crippen LogP contribution in [-0.2, 0) is 14.3 Å². The van der Waals surface area contributed by atoms with Crippen molar-refractivity contribution in [2.75, 3.05) is 26.2 Å². The van der Waals surface area contributed by atoms with Gasteiger partial charge in [-0.3, -0.25) is 9.59 Å². The van der Waals surface area contributed by atoms with Crippen molar-refractivity contribution in [3.8, 4) is 0 Å². The average molecular weight is 229 g/mol. The van der Waals surface area contributed by atoms with Crippen molar-refractivity contribution in [1.82, 2.24) is 16.0 Å². The van der Waals surface area contributed by atoms with Gasteiger partial charge < -0.3 is 20.7 Å². The topological polar surface area (TPSA) is 79.5 Å². The lowest BCUT2D eigenvalue weighted by Gasteiger charge is -2.24. The highest BCUT2D eigenvalue weighted by Crippen LogP contribution is 1.96. The normalized spacial score (nSPS) is 22.2. The number of carbonyl (C=O) groups is 2. The van der Waals surface area contributed by atoms with Crippen molar-refractivity contribution in [3.05, 3.63) is 0 Å². The second-order valence-electron chi connectivity index (χ2n) is 3.69. The molecule has 2 unspecified atom stereocenters. The lowest BCUT2D eigenvalue weighted by Crippen LogP contribution is -2.53. The van der Waals surface area contributed by atoms with Gasteiger partial charge in [-0.25, -0.2) is 0 Å². The molecule has 1 aliphatic rings. The van der Waals surface area contributed by atoms with Crippen LogP contribution in [0.5, 0.6) is 0 Å². The van der Waals surface area contributed by atoms with E-state index < -0.39 is 12.1 Å². The molecule has 0 aromatic carbocycles. The van der Waals surface area contributed by atoms with Crippen molar-refractivity contribution in [2.24, 2.45) is 0 Å². The quantitative estimate of drug-likeness (QED) is 0.555. The highest BCUT2D eigenvalue weighted by Gasteiger charge is 2.24. The first-order valence-electron chi connectivity index (χ1n) is 5.55. The van der Waals surface area contributed by atoms with Crippen LogP contribution in [-0.4, -0.2) is 50.2 Å². The number of hydrogen-bond donors (Lipinski definition) is 3. The predicted molar refractivity (Wildman–Crippen MR) is 58.9 cm³/mol. The van der Waals surface area contributed by atoms with Crippen LogP contribution in [0.3, 0.4) is 0 Å². The molecule has 0 bridgehead atoms. The van der Waals surface area contributed by atoms with Crippen molar-refractivity contribution >= 4 is 11.8 Å². The third kappa shape index (κ3) is 3.79. The van der Waals surface area contributed by atoms with Crippen LogP contribution in [0.2, 0.25) is 0 Å². The lowest BCUT2D eigenvalue weighted by molar-refractivity contribution is -0.137. The summed E-state index contributed by atoms with van der Waals surface area (Å²) < 4.78 is 5.27. The number of ether oxygens (including phenoxy) is 1. The van der Waals surface area contributed by atoms with Crippen LogP contribution >= 0.6 is 0 Å². The maximum Gasteiger partial charge on any atom is 0.251 e. The second kappa shape index (κ2) is 6.44. The molecule has 1 saturated heterocycles. The number of rotatable bonds is 4. The minimum atomic E-state index is -0.530. The van der Waals surface area contributed by atoms with Gasteiger partial charge in [-0.2, -0.15) is 0 Å². The third-order valence-electron chi connectivity index (χ3n) is 2.32. The van der Waals surface area contributed by atoms with E-state index in [9.17, 15) is 9.59 Å². The molecule has 1 rings (SSSR count). The number of likely N-dealkylation sites (N-methyl/N-ethyl adjacent to an activating group) is 1. The van der Waals surface area contributed by atoms with E-state index in [1.807, 2.05) is 6.92 Å². The summed E-state index contributed by atoms with van der Waals surface area (Å²) in [5, 5.41) is 8.32. The summed E-state index contributed by atoms with van der Waals surface area (Å²) in [4.78, 5) is 23.0. The van der Waals surface area contributed by atoms with Crippen LogP contribution in [0.4, 0.5) is 0 Å². The Morgan fingerprint density at radius 2 is 2.31 bits per heavy atom. The monoisotopic (exact) mass is 229 g/mol. The summed E-state index contributed by atoms with van der Waals surface area (Å²) in [5.74, 6) is -0.425. The van der Waals surface area contributed by atoms with Crippen LogP contribution in [0.15, 0.2) is 0 Å². The first-order chi connectivity index (χ1) is 7.65. The summed E-state index contributed by atoms with van der Waals surface area (Å²) >= 11 is 0. The van der Waals surface area contributed by atoms with E-state index in [0.29, 0.717) is 19.7 Å². The Morgan fingerprint density at radius 1 is 1.56 bits per heavy atom.